The summed E-state index contributed by atoms with van der Waals surface area (Å²) in [5.41, 5.74) is 3.12. The molecule has 1 aliphatic heterocycles. The van der Waals surface area contributed by atoms with E-state index in [4.69, 9.17) is 0 Å². The predicted molar refractivity (Wildman–Crippen MR) is 92.6 cm³/mol. The van der Waals surface area contributed by atoms with Gasteiger partial charge in [-0.3, -0.25) is 14.6 Å². The number of likely N-dealkylation sites (tertiary alicyclic amines) is 1. The molecule has 0 atom stereocenters. The Bertz CT molecular complexity index is 758. The summed E-state index contributed by atoms with van der Waals surface area (Å²) in [5.74, 6) is -0.0236. The van der Waals surface area contributed by atoms with E-state index in [9.17, 15) is 9.59 Å². The molecule has 1 fully saturated rings. The van der Waals surface area contributed by atoms with Crippen LogP contribution in [0.5, 0.6) is 0 Å². The lowest BCUT2D eigenvalue weighted by Crippen LogP contribution is -2.34. The van der Waals surface area contributed by atoms with Crippen molar-refractivity contribution in [2.75, 3.05) is 11.9 Å². The van der Waals surface area contributed by atoms with E-state index in [1.54, 1.807) is 12.3 Å². The lowest BCUT2D eigenvalue weighted by molar-refractivity contribution is -0.133. The Balaban J connectivity index is 1.68. The summed E-state index contributed by atoms with van der Waals surface area (Å²) in [7, 11) is 0. The summed E-state index contributed by atoms with van der Waals surface area (Å²) in [6.45, 7) is 3.32. The van der Waals surface area contributed by atoms with E-state index in [0.717, 1.165) is 30.5 Å². The third-order valence-electron chi connectivity index (χ3n) is 4.13. The maximum Gasteiger partial charge on any atom is 0.274 e. The van der Waals surface area contributed by atoms with E-state index in [-0.39, 0.29) is 11.8 Å². The number of nitrogens with one attached hydrogen (secondary N) is 1. The van der Waals surface area contributed by atoms with Crippen molar-refractivity contribution in [2.45, 2.75) is 32.7 Å². The van der Waals surface area contributed by atoms with Crippen molar-refractivity contribution in [1.29, 1.82) is 0 Å². The number of aromatic nitrogens is 1. The van der Waals surface area contributed by atoms with Gasteiger partial charge in [0.05, 0.1) is 0 Å². The number of hydrogen-bond donors (Lipinski definition) is 1. The third-order valence-corrected chi connectivity index (χ3v) is 4.13. The van der Waals surface area contributed by atoms with Crippen LogP contribution in [-0.4, -0.2) is 28.2 Å². The van der Waals surface area contributed by atoms with Crippen LogP contribution in [0.2, 0.25) is 0 Å². The molecule has 1 saturated heterocycles. The fourth-order valence-corrected chi connectivity index (χ4v) is 2.85. The molecule has 0 bridgehead atoms. The molecule has 24 heavy (non-hydrogen) atoms. The second kappa shape index (κ2) is 7.25. The van der Waals surface area contributed by atoms with Gasteiger partial charge in [-0.1, -0.05) is 12.1 Å². The third kappa shape index (κ3) is 3.98. The van der Waals surface area contributed by atoms with Gasteiger partial charge in [0.1, 0.15) is 5.69 Å². The Labute approximate surface area is 141 Å². The van der Waals surface area contributed by atoms with Gasteiger partial charge in [-0.15, -0.1) is 0 Å². The molecule has 0 unspecified atom stereocenters. The van der Waals surface area contributed by atoms with Gasteiger partial charge in [0.25, 0.3) is 5.91 Å². The number of benzene rings is 1. The topological polar surface area (TPSA) is 62.3 Å². The van der Waals surface area contributed by atoms with Crippen molar-refractivity contribution in [3.05, 3.63) is 59.4 Å². The molecular formula is C19H21N3O2. The number of carbonyl (C=O) groups is 2. The van der Waals surface area contributed by atoms with Crippen LogP contribution in [0.3, 0.4) is 0 Å². The number of anilines is 1. The Morgan fingerprint density at radius 2 is 2.12 bits per heavy atom. The molecule has 1 aromatic heterocycles. The first kappa shape index (κ1) is 16.2. The zero-order valence-electron chi connectivity index (χ0n) is 13.8. The highest BCUT2D eigenvalue weighted by Crippen LogP contribution is 2.17. The van der Waals surface area contributed by atoms with E-state index in [1.807, 2.05) is 42.2 Å². The number of rotatable bonds is 4. The van der Waals surface area contributed by atoms with Crippen molar-refractivity contribution >= 4 is 17.5 Å². The van der Waals surface area contributed by atoms with Gasteiger partial charge >= 0.3 is 0 Å². The van der Waals surface area contributed by atoms with Crippen LogP contribution in [0, 0.1) is 6.92 Å². The first-order valence-corrected chi connectivity index (χ1v) is 8.22. The first-order chi connectivity index (χ1) is 11.6. The van der Waals surface area contributed by atoms with Crippen LogP contribution in [0.1, 0.15) is 40.9 Å². The maximum atomic E-state index is 12.3. The lowest BCUT2D eigenvalue weighted by atomic mass is 10.1. The summed E-state index contributed by atoms with van der Waals surface area (Å²) < 4.78 is 0. The van der Waals surface area contributed by atoms with Crippen LogP contribution >= 0.6 is 0 Å². The molecule has 0 aliphatic carbocycles. The summed E-state index contributed by atoms with van der Waals surface area (Å²) in [4.78, 5) is 30.2. The minimum Gasteiger partial charge on any atom is -0.338 e. The highest BCUT2D eigenvalue weighted by molar-refractivity contribution is 6.02. The van der Waals surface area contributed by atoms with E-state index in [0.29, 0.717) is 24.3 Å². The molecule has 0 radical (unpaired) electrons. The average molecular weight is 323 g/mol. The zero-order valence-corrected chi connectivity index (χ0v) is 13.8. The standard InChI is InChI=1S/C19H21N3O2/c1-14-8-9-20-17(11-14)19(24)21-16-6-4-5-15(12-16)13-22-10-3-2-7-18(22)23/h4-6,8-9,11-12H,2-3,7,10,13H2,1H3,(H,21,24). The molecule has 5 heteroatoms. The van der Waals surface area contributed by atoms with Gasteiger partial charge in [0, 0.05) is 31.4 Å². The Hall–Kier alpha value is -2.69. The highest BCUT2D eigenvalue weighted by atomic mass is 16.2. The molecule has 3 rings (SSSR count). The van der Waals surface area contributed by atoms with E-state index >= 15 is 0 Å². The second-order valence-corrected chi connectivity index (χ2v) is 6.15. The molecule has 1 aliphatic rings. The summed E-state index contributed by atoms with van der Waals surface area (Å²) in [5, 5.41) is 2.87. The van der Waals surface area contributed by atoms with Crippen molar-refractivity contribution < 1.29 is 9.59 Å². The van der Waals surface area contributed by atoms with Crippen molar-refractivity contribution in [3.8, 4) is 0 Å². The largest absolute Gasteiger partial charge is 0.338 e. The van der Waals surface area contributed by atoms with Gasteiger partial charge in [-0.25, -0.2) is 0 Å². The van der Waals surface area contributed by atoms with Gasteiger partial charge in [0.2, 0.25) is 5.91 Å². The first-order valence-electron chi connectivity index (χ1n) is 8.22. The molecule has 5 nitrogen and oxygen atoms in total. The monoisotopic (exact) mass is 323 g/mol. The smallest absolute Gasteiger partial charge is 0.274 e. The summed E-state index contributed by atoms with van der Waals surface area (Å²) in [6.07, 6.45) is 4.30. The van der Waals surface area contributed by atoms with Crippen LogP contribution in [0.4, 0.5) is 5.69 Å². The molecule has 2 heterocycles. The van der Waals surface area contributed by atoms with Gasteiger partial charge in [-0.2, -0.15) is 0 Å². The van der Waals surface area contributed by atoms with Crippen molar-refractivity contribution in [3.63, 3.8) is 0 Å². The van der Waals surface area contributed by atoms with Crippen LogP contribution in [-0.2, 0) is 11.3 Å². The van der Waals surface area contributed by atoms with Crippen LogP contribution in [0.25, 0.3) is 0 Å². The van der Waals surface area contributed by atoms with Gasteiger partial charge in [0.15, 0.2) is 0 Å². The normalized spacial score (nSPS) is 14.5. The molecular weight excluding hydrogens is 302 g/mol. The van der Waals surface area contributed by atoms with E-state index < -0.39 is 0 Å². The Morgan fingerprint density at radius 1 is 1.25 bits per heavy atom. The molecule has 1 N–H and O–H groups in total. The fourth-order valence-electron chi connectivity index (χ4n) is 2.85. The molecule has 0 spiro atoms. The zero-order chi connectivity index (χ0) is 16.9. The van der Waals surface area contributed by atoms with E-state index in [1.165, 1.54) is 0 Å². The number of piperidine rings is 1. The second-order valence-electron chi connectivity index (χ2n) is 6.15. The predicted octanol–water partition coefficient (Wildman–Crippen LogP) is 3.15. The summed E-state index contributed by atoms with van der Waals surface area (Å²) >= 11 is 0. The molecule has 2 amide bonds. The van der Waals surface area contributed by atoms with E-state index in [2.05, 4.69) is 10.3 Å². The quantitative estimate of drug-likeness (QED) is 0.940. The minimum absolute atomic E-state index is 0.208. The van der Waals surface area contributed by atoms with Gasteiger partial charge in [-0.05, 0) is 55.2 Å². The Morgan fingerprint density at radius 3 is 2.92 bits per heavy atom. The summed E-state index contributed by atoms with van der Waals surface area (Å²) in [6, 6.07) is 11.2. The number of amides is 2. The number of carbonyl (C=O) groups excluding carboxylic acids is 2. The minimum atomic E-state index is -0.232. The van der Waals surface area contributed by atoms with Crippen LogP contribution < -0.4 is 5.32 Å². The SMILES string of the molecule is Cc1ccnc(C(=O)Nc2cccc(CN3CCCCC3=O)c2)c1. The molecule has 2 aromatic rings. The van der Waals surface area contributed by atoms with Crippen molar-refractivity contribution in [2.24, 2.45) is 0 Å². The highest BCUT2D eigenvalue weighted by Gasteiger charge is 2.18. The average Bonchev–Trinajstić information content (AvgIpc) is 2.57. The number of aryl methyl sites for hydroxylation is 1. The molecule has 0 saturated carbocycles. The maximum absolute atomic E-state index is 12.3. The number of hydrogen-bond acceptors (Lipinski definition) is 3. The number of nitrogens with zero attached hydrogens (tertiary/aromatic N) is 2. The molecule has 1 aromatic carbocycles. The van der Waals surface area contributed by atoms with Crippen LogP contribution in [0.15, 0.2) is 42.6 Å². The molecule has 124 valence electrons. The number of pyridine rings is 1. The van der Waals surface area contributed by atoms with Gasteiger partial charge < -0.3 is 10.2 Å². The lowest BCUT2D eigenvalue weighted by Gasteiger charge is -2.26. The van der Waals surface area contributed by atoms with Crippen molar-refractivity contribution in [1.82, 2.24) is 9.88 Å². The fraction of sp³-hybridized carbons (Fsp3) is 0.316. The Kier molecular flexibility index (Phi) is 4.89.